The highest BCUT2D eigenvalue weighted by molar-refractivity contribution is 9.10. The molecule has 0 spiro atoms. The average Bonchev–Trinajstić information content (AvgIpc) is 2.75. The molecule has 0 saturated heterocycles. The van der Waals surface area contributed by atoms with E-state index in [1.54, 1.807) is 43.4 Å². The van der Waals surface area contributed by atoms with Crippen LogP contribution in [0.25, 0.3) is 0 Å². The Morgan fingerprint density at radius 1 is 1.00 bits per heavy atom. The maximum absolute atomic E-state index is 12.7. The van der Waals surface area contributed by atoms with E-state index in [-0.39, 0.29) is 16.4 Å². The van der Waals surface area contributed by atoms with Crippen LogP contribution in [0.3, 0.4) is 0 Å². The molecule has 0 radical (unpaired) electrons. The molecule has 3 aromatic carbocycles. The number of hydrogen-bond donors (Lipinski definition) is 1. The Morgan fingerprint density at radius 3 is 2.40 bits per heavy atom. The lowest BCUT2D eigenvalue weighted by Gasteiger charge is -2.18. The molecule has 156 valence electrons. The van der Waals surface area contributed by atoms with Crippen LogP contribution in [0.1, 0.15) is 10.4 Å². The van der Waals surface area contributed by atoms with E-state index < -0.39 is 10.0 Å². The van der Waals surface area contributed by atoms with Gasteiger partial charge in [0.1, 0.15) is 12.4 Å². The van der Waals surface area contributed by atoms with Crippen molar-refractivity contribution in [3.63, 3.8) is 0 Å². The van der Waals surface area contributed by atoms with Gasteiger partial charge < -0.3 is 9.64 Å². The number of sulfonamides is 1. The molecule has 0 aliphatic rings. The second kappa shape index (κ2) is 9.77. The van der Waals surface area contributed by atoms with Gasteiger partial charge in [-0.3, -0.25) is 9.52 Å². The molecule has 0 aromatic heterocycles. The number of carbonyl (C=O) groups excluding carboxylic acids is 1. The molecule has 0 unspecified atom stereocenters. The highest BCUT2D eigenvalue weighted by atomic mass is 79.9. The van der Waals surface area contributed by atoms with Gasteiger partial charge in [-0.05, 0) is 54.6 Å². The van der Waals surface area contributed by atoms with Gasteiger partial charge in [0.15, 0.2) is 0 Å². The minimum atomic E-state index is -3.82. The lowest BCUT2D eigenvalue weighted by Crippen LogP contribution is -2.31. The Morgan fingerprint density at radius 2 is 1.70 bits per heavy atom. The van der Waals surface area contributed by atoms with E-state index in [1.165, 1.54) is 17.0 Å². The Bertz CT molecular complexity index is 1100. The summed E-state index contributed by atoms with van der Waals surface area (Å²) in [7, 11) is -2.17. The maximum Gasteiger partial charge on any atom is 0.261 e. The zero-order valence-electron chi connectivity index (χ0n) is 16.3. The third kappa shape index (κ3) is 5.84. The smallest absolute Gasteiger partial charge is 0.261 e. The first-order chi connectivity index (χ1) is 14.3. The first-order valence-corrected chi connectivity index (χ1v) is 11.4. The number of para-hydroxylation sites is 1. The van der Waals surface area contributed by atoms with E-state index in [9.17, 15) is 13.2 Å². The van der Waals surface area contributed by atoms with Gasteiger partial charge in [-0.15, -0.1) is 0 Å². The number of anilines is 1. The van der Waals surface area contributed by atoms with Gasteiger partial charge in [0, 0.05) is 22.8 Å². The van der Waals surface area contributed by atoms with E-state index >= 15 is 0 Å². The fraction of sp³-hybridized carbons (Fsp3) is 0.136. The van der Waals surface area contributed by atoms with Crippen LogP contribution in [0.4, 0.5) is 5.69 Å². The number of rotatable bonds is 8. The molecule has 0 saturated carbocycles. The van der Waals surface area contributed by atoms with Crippen LogP contribution in [-0.2, 0) is 10.0 Å². The van der Waals surface area contributed by atoms with Gasteiger partial charge in [0.2, 0.25) is 0 Å². The van der Waals surface area contributed by atoms with Gasteiger partial charge in [-0.1, -0.05) is 40.2 Å². The first kappa shape index (κ1) is 21.9. The lowest BCUT2D eigenvalue weighted by atomic mass is 10.2. The molecule has 1 amide bonds. The summed E-state index contributed by atoms with van der Waals surface area (Å²) < 4.78 is 34.4. The Kier molecular flexibility index (Phi) is 7.12. The number of amides is 1. The molecule has 30 heavy (non-hydrogen) atoms. The van der Waals surface area contributed by atoms with E-state index in [0.29, 0.717) is 18.8 Å². The maximum atomic E-state index is 12.7. The SMILES string of the molecule is CN(CCOc1ccccc1)C(=O)c1cccc(S(=O)(=O)Nc2ccc(Br)cc2)c1. The fourth-order valence-corrected chi connectivity index (χ4v) is 4.04. The summed E-state index contributed by atoms with van der Waals surface area (Å²) in [5, 5.41) is 0. The van der Waals surface area contributed by atoms with Gasteiger partial charge >= 0.3 is 0 Å². The van der Waals surface area contributed by atoms with Crippen molar-refractivity contribution in [1.82, 2.24) is 4.90 Å². The van der Waals surface area contributed by atoms with Crippen LogP contribution < -0.4 is 9.46 Å². The molecule has 0 heterocycles. The third-order valence-electron chi connectivity index (χ3n) is 4.27. The quantitative estimate of drug-likeness (QED) is 0.509. The molecule has 0 aliphatic heterocycles. The number of hydrogen-bond acceptors (Lipinski definition) is 4. The van der Waals surface area contributed by atoms with Crippen molar-refractivity contribution >= 4 is 37.5 Å². The summed E-state index contributed by atoms with van der Waals surface area (Å²) in [4.78, 5) is 14.2. The van der Waals surface area contributed by atoms with Gasteiger partial charge in [-0.25, -0.2) is 8.42 Å². The number of benzene rings is 3. The molecule has 0 fully saturated rings. The van der Waals surface area contributed by atoms with Crippen molar-refractivity contribution < 1.29 is 17.9 Å². The number of nitrogens with one attached hydrogen (secondary N) is 1. The zero-order chi connectivity index (χ0) is 21.6. The number of ether oxygens (including phenoxy) is 1. The largest absolute Gasteiger partial charge is 0.492 e. The first-order valence-electron chi connectivity index (χ1n) is 9.17. The van der Waals surface area contributed by atoms with E-state index in [2.05, 4.69) is 20.7 Å². The molecule has 3 aromatic rings. The fourth-order valence-electron chi connectivity index (χ4n) is 2.67. The molecule has 3 rings (SSSR count). The van der Waals surface area contributed by atoms with Gasteiger partial charge in [-0.2, -0.15) is 0 Å². The predicted molar refractivity (Wildman–Crippen MR) is 120 cm³/mol. The van der Waals surface area contributed by atoms with Crippen LogP contribution >= 0.6 is 15.9 Å². The van der Waals surface area contributed by atoms with Crippen molar-refractivity contribution in [1.29, 1.82) is 0 Å². The molecular formula is C22H21BrN2O4S. The van der Waals surface area contributed by atoms with Crippen LogP contribution in [0.2, 0.25) is 0 Å². The summed E-state index contributed by atoms with van der Waals surface area (Å²) >= 11 is 3.31. The van der Waals surface area contributed by atoms with Crippen molar-refractivity contribution in [2.45, 2.75) is 4.90 Å². The number of carbonyl (C=O) groups is 1. The van der Waals surface area contributed by atoms with Crippen LogP contribution in [-0.4, -0.2) is 39.4 Å². The topological polar surface area (TPSA) is 75.7 Å². The Balaban J connectivity index is 1.65. The van der Waals surface area contributed by atoms with E-state index in [0.717, 1.165) is 10.2 Å². The molecule has 8 heteroatoms. The highest BCUT2D eigenvalue weighted by Gasteiger charge is 2.18. The molecule has 0 atom stereocenters. The molecule has 0 aliphatic carbocycles. The second-order valence-corrected chi connectivity index (χ2v) is 9.13. The van der Waals surface area contributed by atoms with Crippen molar-refractivity contribution in [3.05, 3.63) is 88.9 Å². The standard InChI is InChI=1S/C22H21BrN2O4S/c1-25(14-15-29-20-7-3-2-4-8-20)22(26)17-6-5-9-21(16-17)30(27,28)24-19-12-10-18(23)11-13-19/h2-13,16,24H,14-15H2,1H3. The normalized spacial score (nSPS) is 11.0. The van der Waals surface area contributed by atoms with E-state index in [1.807, 2.05) is 30.3 Å². The molecule has 1 N–H and O–H groups in total. The zero-order valence-corrected chi connectivity index (χ0v) is 18.7. The monoisotopic (exact) mass is 488 g/mol. The lowest BCUT2D eigenvalue weighted by molar-refractivity contribution is 0.0773. The molecule has 0 bridgehead atoms. The number of likely N-dealkylation sites (N-methyl/N-ethyl adjacent to an activating group) is 1. The van der Waals surface area contributed by atoms with Crippen LogP contribution in [0.5, 0.6) is 5.75 Å². The number of halogens is 1. The summed E-state index contributed by atoms with van der Waals surface area (Å²) in [6.45, 7) is 0.692. The highest BCUT2D eigenvalue weighted by Crippen LogP contribution is 2.20. The van der Waals surface area contributed by atoms with Crippen molar-refractivity contribution in [2.75, 3.05) is 24.9 Å². The Hall–Kier alpha value is -2.84. The minimum Gasteiger partial charge on any atom is -0.492 e. The van der Waals surface area contributed by atoms with E-state index in [4.69, 9.17) is 4.74 Å². The third-order valence-corrected chi connectivity index (χ3v) is 6.18. The van der Waals surface area contributed by atoms with Gasteiger partial charge in [0.05, 0.1) is 11.4 Å². The van der Waals surface area contributed by atoms with Gasteiger partial charge in [0.25, 0.3) is 15.9 Å². The number of nitrogens with zero attached hydrogens (tertiary/aromatic N) is 1. The second-order valence-electron chi connectivity index (χ2n) is 6.53. The van der Waals surface area contributed by atoms with Crippen molar-refractivity contribution in [3.8, 4) is 5.75 Å². The summed E-state index contributed by atoms with van der Waals surface area (Å²) in [6, 6.07) is 22.1. The summed E-state index contributed by atoms with van der Waals surface area (Å²) in [5.74, 6) is 0.442. The van der Waals surface area contributed by atoms with Crippen LogP contribution in [0, 0.1) is 0 Å². The predicted octanol–water partition coefficient (Wildman–Crippen LogP) is 4.40. The Labute approximate surface area is 184 Å². The summed E-state index contributed by atoms with van der Waals surface area (Å²) in [6.07, 6.45) is 0. The average molecular weight is 489 g/mol. The van der Waals surface area contributed by atoms with Crippen LogP contribution in [0.15, 0.2) is 88.2 Å². The minimum absolute atomic E-state index is 0.0187. The molecule has 6 nitrogen and oxygen atoms in total. The van der Waals surface area contributed by atoms with Crippen molar-refractivity contribution in [2.24, 2.45) is 0 Å². The summed E-state index contributed by atoms with van der Waals surface area (Å²) in [5.41, 5.74) is 0.723. The molecular weight excluding hydrogens is 468 g/mol.